The van der Waals surface area contributed by atoms with Crippen LogP contribution in [0.1, 0.15) is 19.4 Å². The van der Waals surface area contributed by atoms with Crippen molar-refractivity contribution in [2.75, 3.05) is 6.61 Å². The maximum absolute atomic E-state index is 11.5. The highest BCUT2D eigenvalue weighted by Gasteiger charge is 2.07. The molecule has 0 amide bonds. The van der Waals surface area contributed by atoms with Gasteiger partial charge in [-0.15, -0.1) is 0 Å². The summed E-state index contributed by atoms with van der Waals surface area (Å²) in [6.45, 7) is 3.45. The maximum Gasteiger partial charge on any atom is 0.344 e. The molecule has 0 aromatic heterocycles. The van der Waals surface area contributed by atoms with Gasteiger partial charge in [-0.2, -0.15) is 0 Å². The molecule has 0 atom stereocenters. The van der Waals surface area contributed by atoms with Crippen molar-refractivity contribution in [3.8, 4) is 5.75 Å². The molecule has 3 aromatic carbocycles. The van der Waals surface area contributed by atoms with E-state index < -0.39 is 10.9 Å². The van der Waals surface area contributed by atoms with E-state index in [2.05, 4.69) is 4.99 Å². The molecule has 3 aromatic rings. The molecule has 0 aliphatic carbocycles. The number of esters is 1. The molecule has 0 radical (unpaired) electrons. The molecule has 0 saturated heterocycles. The lowest BCUT2D eigenvalue weighted by atomic mass is 10.2. The number of nitro groups is 1. The van der Waals surface area contributed by atoms with E-state index in [-0.39, 0.29) is 18.4 Å². The first-order valence-electron chi connectivity index (χ1n) is 9.88. The molecule has 164 valence electrons. The number of hydrogen-bond acceptors (Lipinski definition) is 7. The summed E-state index contributed by atoms with van der Waals surface area (Å²) in [7, 11) is 0. The van der Waals surface area contributed by atoms with Gasteiger partial charge in [-0.05, 0) is 80.1 Å². The Morgan fingerprint density at radius 2 is 1.59 bits per heavy atom. The van der Waals surface area contributed by atoms with E-state index in [0.717, 1.165) is 21.0 Å². The van der Waals surface area contributed by atoms with Crippen LogP contribution >= 0.6 is 11.8 Å². The number of aliphatic imine (C=N–C) groups is 1. The first-order chi connectivity index (χ1) is 15.4. The second-order valence-electron chi connectivity index (χ2n) is 7.00. The second-order valence-corrected chi connectivity index (χ2v) is 8.15. The van der Waals surface area contributed by atoms with Crippen LogP contribution in [-0.4, -0.2) is 29.8 Å². The molecule has 0 spiro atoms. The first kappa shape index (κ1) is 23.0. The fourth-order valence-corrected chi connectivity index (χ4v) is 3.43. The average molecular weight is 451 g/mol. The Balaban J connectivity index is 1.52. The van der Waals surface area contributed by atoms with E-state index in [0.29, 0.717) is 5.75 Å². The third-order valence-corrected chi connectivity index (χ3v) is 5.10. The highest BCUT2D eigenvalue weighted by atomic mass is 32.2. The molecule has 3 rings (SSSR count). The largest absolute Gasteiger partial charge is 0.482 e. The third kappa shape index (κ3) is 7.24. The van der Waals surface area contributed by atoms with Crippen LogP contribution in [0.5, 0.6) is 5.75 Å². The predicted molar refractivity (Wildman–Crippen MR) is 124 cm³/mol. The van der Waals surface area contributed by atoms with Crippen LogP contribution in [0.15, 0.2) is 87.6 Å². The summed E-state index contributed by atoms with van der Waals surface area (Å²) in [5, 5.41) is 10.7. The van der Waals surface area contributed by atoms with Crippen molar-refractivity contribution >= 4 is 35.3 Å². The van der Waals surface area contributed by atoms with Gasteiger partial charge >= 0.3 is 5.97 Å². The van der Waals surface area contributed by atoms with Gasteiger partial charge in [-0.25, -0.2) is 4.79 Å². The van der Waals surface area contributed by atoms with E-state index in [1.54, 1.807) is 44.3 Å². The lowest BCUT2D eigenvalue weighted by Crippen LogP contribution is -2.18. The minimum atomic E-state index is -0.411. The van der Waals surface area contributed by atoms with Gasteiger partial charge in [0, 0.05) is 28.1 Å². The molecule has 0 aliphatic rings. The lowest BCUT2D eigenvalue weighted by molar-refractivity contribution is -0.384. The van der Waals surface area contributed by atoms with Crippen LogP contribution in [0.2, 0.25) is 0 Å². The second kappa shape index (κ2) is 11.1. The third-order valence-electron chi connectivity index (χ3n) is 4.09. The van der Waals surface area contributed by atoms with E-state index in [1.165, 1.54) is 23.9 Å². The Kier molecular flexibility index (Phi) is 7.99. The van der Waals surface area contributed by atoms with Crippen LogP contribution in [0.3, 0.4) is 0 Å². The molecule has 0 aliphatic heterocycles. The van der Waals surface area contributed by atoms with Gasteiger partial charge in [-0.3, -0.25) is 15.1 Å². The summed E-state index contributed by atoms with van der Waals surface area (Å²) in [5.41, 5.74) is 1.77. The highest BCUT2D eigenvalue weighted by Crippen LogP contribution is 2.30. The monoisotopic (exact) mass is 450 g/mol. The zero-order chi connectivity index (χ0) is 22.9. The Hall–Kier alpha value is -3.65. The number of benzene rings is 3. The van der Waals surface area contributed by atoms with Crippen molar-refractivity contribution in [3.63, 3.8) is 0 Å². The number of hydrogen-bond donors (Lipinski definition) is 0. The number of carbonyl (C=O) groups excluding carboxylic acids is 1. The van der Waals surface area contributed by atoms with Crippen LogP contribution < -0.4 is 4.74 Å². The SMILES string of the molecule is CC(C)OC(=O)COc1ccc(C=Nc2ccc(Sc3ccc([N+](=O)[O-])cc3)cc2)cc1. The van der Waals surface area contributed by atoms with Crippen molar-refractivity contribution in [3.05, 3.63) is 88.5 Å². The Bertz CT molecular complexity index is 1080. The number of rotatable bonds is 9. The van der Waals surface area contributed by atoms with Crippen LogP contribution in [-0.2, 0) is 9.53 Å². The van der Waals surface area contributed by atoms with Crippen molar-refractivity contribution in [1.29, 1.82) is 0 Å². The molecule has 32 heavy (non-hydrogen) atoms. The molecule has 0 unspecified atom stereocenters. The average Bonchev–Trinajstić information content (AvgIpc) is 2.78. The Labute approximate surface area is 190 Å². The summed E-state index contributed by atoms with van der Waals surface area (Å²) < 4.78 is 10.4. The number of nitro benzene ring substituents is 1. The molecule has 0 bridgehead atoms. The zero-order valence-corrected chi connectivity index (χ0v) is 18.5. The predicted octanol–water partition coefficient (Wildman–Crippen LogP) is 5.83. The van der Waals surface area contributed by atoms with Crippen LogP contribution in [0, 0.1) is 10.1 Å². The molecular weight excluding hydrogens is 428 g/mol. The highest BCUT2D eigenvalue weighted by molar-refractivity contribution is 7.99. The smallest absolute Gasteiger partial charge is 0.344 e. The van der Waals surface area contributed by atoms with Gasteiger partial charge in [-0.1, -0.05) is 11.8 Å². The summed E-state index contributed by atoms with van der Waals surface area (Å²) in [5.74, 6) is 0.177. The first-order valence-corrected chi connectivity index (χ1v) is 10.7. The van der Waals surface area contributed by atoms with Crippen molar-refractivity contribution < 1.29 is 19.2 Å². The van der Waals surface area contributed by atoms with Crippen molar-refractivity contribution in [1.82, 2.24) is 0 Å². The number of non-ortho nitro benzene ring substituents is 1. The zero-order valence-electron chi connectivity index (χ0n) is 17.6. The molecule has 0 N–H and O–H groups in total. The van der Waals surface area contributed by atoms with Gasteiger partial charge in [0.1, 0.15) is 5.75 Å². The summed E-state index contributed by atoms with van der Waals surface area (Å²) in [6.07, 6.45) is 1.58. The molecule has 0 fully saturated rings. The van der Waals surface area contributed by atoms with E-state index in [4.69, 9.17) is 9.47 Å². The summed E-state index contributed by atoms with van der Waals surface area (Å²) >= 11 is 1.52. The molecule has 0 heterocycles. The van der Waals surface area contributed by atoms with E-state index in [9.17, 15) is 14.9 Å². The molecule has 7 nitrogen and oxygen atoms in total. The van der Waals surface area contributed by atoms with E-state index >= 15 is 0 Å². The minimum absolute atomic E-state index is 0.0762. The normalized spacial score (nSPS) is 11.0. The lowest BCUT2D eigenvalue weighted by Gasteiger charge is -2.09. The van der Waals surface area contributed by atoms with Crippen molar-refractivity contribution in [2.24, 2.45) is 4.99 Å². The van der Waals surface area contributed by atoms with Gasteiger partial charge < -0.3 is 9.47 Å². The van der Waals surface area contributed by atoms with Gasteiger partial charge in [0.05, 0.1) is 16.7 Å². The van der Waals surface area contributed by atoms with Gasteiger partial charge in [0.2, 0.25) is 0 Å². The maximum atomic E-state index is 11.5. The van der Waals surface area contributed by atoms with Crippen LogP contribution in [0.4, 0.5) is 11.4 Å². The molecule has 0 saturated carbocycles. The van der Waals surface area contributed by atoms with Crippen molar-refractivity contribution in [2.45, 2.75) is 29.7 Å². The fraction of sp³-hybridized carbons (Fsp3) is 0.167. The van der Waals surface area contributed by atoms with E-state index in [1.807, 2.05) is 36.4 Å². The van der Waals surface area contributed by atoms with Gasteiger partial charge in [0.25, 0.3) is 5.69 Å². The summed E-state index contributed by atoms with van der Waals surface area (Å²) in [4.78, 5) is 28.2. The standard InChI is InChI=1S/C24H22N2O5S/c1-17(2)31-24(27)16-30-21-9-3-18(4-10-21)15-25-19-5-11-22(12-6-19)32-23-13-7-20(8-14-23)26(28)29/h3-15,17H,16H2,1-2H3. The van der Waals surface area contributed by atoms with Gasteiger partial charge in [0.15, 0.2) is 6.61 Å². The minimum Gasteiger partial charge on any atom is -0.482 e. The number of ether oxygens (including phenoxy) is 2. The molecular formula is C24H22N2O5S. The molecule has 8 heteroatoms. The topological polar surface area (TPSA) is 91.0 Å². The number of nitrogens with zero attached hydrogens (tertiary/aromatic N) is 2. The number of carbonyl (C=O) groups is 1. The fourth-order valence-electron chi connectivity index (χ4n) is 2.61. The van der Waals surface area contributed by atoms with Crippen LogP contribution in [0.25, 0.3) is 0 Å². The Morgan fingerprint density at radius 3 is 2.16 bits per heavy atom. The Morgan fingerprint density at radius 1 is 1.00 bits per heavy atom. The quantitative estimate of drug-likeness (QED) is 0.176. The summed E-state index contributed by atoms with van der Waals surface area (Å²) in [6, 6.07) is 21.4.